The maximum atomic E-state index is 4.48. The molecule has 1 aromatic heterocycles. The predicted molar refractivity (Wildman–Crippen MR) is 109 cm³/mol. The van der Waals surface area contributed by atoms with Gasteiger partial charge in [0.05, 0.1) is 0 Å². The summed E-state index contributed by atoms with van der Waals surface area (Å²) >= 11 is 5.24. The highest BCUT2D eigenvalue weighted by molar-refractivity contribution is 9.10. The van der Waals surface area contributed by atoms with Crippen molar-refractivity contribution in [1.82, 2.24) is 14.8 Å². The van der Waals surface area contributed by atoms with Gasteiger partial charge in [-0.3, -0.25) is 0 Å². The molecule has 1 fully saturated rings. The molecule has 25 heavy (non-hydrogen) atoms. The topological polar surface area (TPSA) is 30.7 Å². The van der Waals surface area contributed by atoms with Gasteiger partial charge in [0.25, 0.3) is 0 Å². The highest BCUT2D eigenvalue weighted by Gasteiger charge is 2.17. The molecule has 0 unspecified atom stereocenters. The Morgan fingerprint density at radius 2 is 1.92 bits per heavy atom. The minimum absolute atomic E-state index is 0.787. The van der Waals surface area contributed by atoms with Gasteiger partial charge in [-0.15, -0.1) is 16.8 Å². The van der Waals surface area contributed by atoms with Crippen LogP contribution in [-0.4, -0.2) is 14.8 Å². The van der Waals surface area contributed by atoms with Crippen molar-refractivity contribution in [1.29, 1.82) is 0 Å². The Labute approximate surface area is 163 Å². The Bertz CT molecular complexity index is 675. The summed E-state index contributed by atoms with van der Waals surface area (Å²) in [4.78, 5) is 0. The molecule has 2 aromatic rings. The van der Waals surface area contributed by atoms with Crippen LogP contribution in [0.1, 0.15) is 49.9 Å². The molecule has 1 aliphatic carbocycles. The normalized spacial score (nSPS) is 15.4. The van der Waals surface area contributed by atoms with Gasteiger partial charge in [0, 0.05) is 23.2 Å². The van der Waals surface area contributed by atoms with Crippen LogP contribution in [0.15, 0.2) is 46.5 Å². The smallest absolute Gasteiger partial charge is 0.191 e. The molecule has 5 heteroatoms. The van der Waals surface area contributed by atoms with E-state index in [4.69, 9.17) is 0 Å². The van der Waals surface area contributed by atoms with Crippen LogP contribution in [0.4, 0.5) is 0 Å². The number of aromatic nitrogens is 3. The van der Waals surface area contributed by atoms with Gasteiger partial charge in [-0.05, 0) is 30.0 Å². The van der Waals surface area contributed by atoms with Crippen molar-refractivity contribution in [3.63, 3.8) is 0 Å². The molecule has 0 saturated heterocycles. The fourth-order valence-electron chi connectivity index (χ4n) is 3.46. The van der Waals surface area contributed by atoms with E-state index in [2.05, 4.69) is 61.5 Å². The van der Waals surface area contributed by atoms with E-state index >= 15 is 0 Å². The summed E-state index contributed by atoms with van der Waals surface area (Å²) in [7, 11) is 0. The Morgan fingerprint density at radius 3 is 2.64 bits per heavy atom. The van der Waals surface area contributed by atoms with Crippen molar-refractivity contribution < 1.29 is 0 Å². The van der Waals surface area contributed by atoms with Crippen LogP contribution in [0.25, 0.3) is 0 Å². The van der Waals surface area contributed by atoms with E-state index in [1.807, 2.05) is 6.08 Å². The highest BCUT2D eigenvalue weighted by atomic mass is 79.9. The quantitative estimate of drug-likeness (QED) is 0.386. The molecule has 0 N–H and O–H groups in total. The maximum Gasteiger partial charge on any atom is 0.191 e. The third kappa shape index (κ3) is 5.45. The van der Waals surface area contributed by atoms with Crippen molar-refractivity contribution in [2.24, 2.45) is 5.92 Å². The van der Waals surface area contributed by atoms with Crippen LogP contribution in [0.5, 0.6) is 0 Å². The van der Waals surface area contributed by atoms with E-state index in [1.165, 1.54) is 44.1 Å². The second-order valence-electron chi connectivity index (χ2n) is 6.76. The summed E-state index contributed by atoms with van der Waals surface area (Å²) in [6.07, 6.45) is 11.2. The zero-order chi connectivity index (χ0) is 17.5. The van der Waals surface area contributed by atoms with Gasteiger partial charge >= 0.3 is 0 Å². The molecule has 0 radical (unpaired) electrons. The summed E-state index contributed by atoms with van der Waals surface area (Å²) in [5.74, 6) is 2.90. The van der Waals surface area contributed by atoms with Gasteiger partial charge in [-0.1, -0.05) is 78.0 Å². The van der Waals surface area contributed by atoms with Crippen LogP contribution >= 0.6 is 27.7 Å². The minimum Gasteiger partial charge on any atom is -0.302 e. The van der Waals surface area contributed by atoms with Crippen molar-refractivity contribution >= 4 is 27.7 Å². The molecule has 134 valence electrons. The van der Waals surface area contributed by atoms with Crippen LogP contribution in [-0.2, 0) is 18.7 Å². The van der Waals surface area contributed by atoms with Crippen LogP contribution in [0, 0.1) is 5.92 Å². The molecule has 0 spiro atoms. The second-order valence-corrected chi connectivity index (χ2v) is 8.61. The summed E-state index contributed by atoms with van der Waals surface area (Å²) in [6, 6.07) is 8.46. The van der Waals surface area contributed by atoms with Crippen molar-refractivity contribution in [3.05, 3.63) is 52.8 Å². The van der Waals surface area contributed by atoms with E-state index in [0.717, 1.165) is 40.1 Å². The van der Waals surface area contributed by atoms with Crippen molar-refractivity contribution in [2.75, 3.05) is 0 Å². The Balaban J connectivity index is 1.61. The number of rotatable bonds is 8. The first-order valence-electron chi connectivity index (χ1n) is 9.16. The van der Waals surface area contributed by atoms with Gasteiger partial charge in [-0.2, -0.15) is 0 Å². The molecule has 3 rings (SSSR count). The lowest BCUT2D eigenvalue weighted by molar-refractivity contribution is 0.336. The monoisotopic (exact) mass is 419 g/mol. The summed E-state index contributed by atoms with van der Waals surface area (Å²) in [5, 5.41) is 9.93. The first-order chi connectivity index (χ1) is 12.3. The largest absolute Gasteiger partial charge is 0.302 e. The lowest BCUT2D eigenvalue weighted by Crippen LogP contribution is -2.10. The Kier molecular flexibility index (Phi) is 7.17. The minimum atomic E-state index is 0.787. The van der Waals surface area contributed by atoms with Crippen molar-refractivity contribution in [3.8, 4) is 0 Å². The van der Waals surface area contributed by atoms with E-state index in [0.29, 0.717) is 0 Å². The molecule has 1 saturated carbocycles. The third-order valence-corrected chi connectivity index (χ3v) is 6.45. The summed E-state index contributed by atoms with van der Waals surface area (Å²) in [6.45, 7) is 4.69. The van der Waals surface area contributed by atoms with Gasteiger partial charge in [0.15, 0.2) is 5.16 Å². The first-order valence-corrected chi connectivity index (χ1v) is 10.9. The second kappa shape index (κ2) is 9.58. The highest BCUT2D eigenvalue weighted by Crippen LogP contribution is 2.28. The van der Waals surface area contributed by atoms with E-state index < -0.39 is 0 Å². The van der Waals surface area contributed by atoms with Crippen LogP contribution in [0.3, 0.4) is 0 Å². The maximum absolute atomic E-state index is 4.48. The average Bonchev–Trinajstić information content (AvgIpc) is 3.03. The molecule has 0 bridgehead atoms. The molecule has 1 aliphatic rings. The van der Waals surface area contributed by atoms with E-state index in [1.54, 1.807) is 11.8 Å². The third-order valence-electron chi connectivity index (χ3n) is 4.89. The fourth-order valence-corrected chi connectivity index (χ4v) is 4.65. The number of thioether (sulfide) groups is 1. The lowest BCUT2D eigenvalue weighted by Gasteiger charge is -2.21. The molecule has 1 heterocycles. The van der Waals surface area contributed by atoms with E-state index in [-0.39, 0.29) is 0 Å². The van der Waals surface area contributed by atoms with Crippen molar-refractivity contribution in [2.45, 2.75) is 62.4 Å². The first kappa shape index (κ1) is 18.7. The Morgan fingerprint density at radius 1 is 1.16 bits per heavy atom. The SMILES string of the molecule is C=CCn1c(CCC2CCCCC2)nnc1SCc1ccc(Br)cc1. The number of halogens is 1. The van der Waals surface area contributed by atoms with Gasteiger partial charge in [-0.25, -0.2) is 0 Å². The zero-order valence-corrected chi connectivity index (χ0v) is 17.1. The molecule has 1 aromatic carbocycles. The molecular weight excluding hydrogens is 394 g/mol. The van der Waals surface area contributed by atoms with Gasteiger partial charge < -0.3 is 4.57 Å². The predicted octanol–water partition coefficient (Wildman–Crippen LogP) is 6.03. The molecule has 0 aliphatic heterocycles. The molecular formula is C20H26BrN3S. The standard InChI is InChI=1S/C20H26BrN3S/c1-2-14-24-19(13-10-16-6-4-3-5-7-16)22-23-20(24)25-15-17-8-11-18(21)12-9-17/h2,8-9,11-12,16H,1,3-7,10,13-15H2. The van der Waals surface area contributed by atoms with Crippen LogP contribution < -0.4 is 0 Å². The Hall–Kier alpha value is -1.07. The summed E-state index contributed by atoms with van der Waals surface area (Å²) in [5.41, 5.74) is 1.30. The average molecular weight is 420 g/mol. The van der Waals surface area contributed by atoms with Gasteiger partial charge in [0.2, 0.25) is 0 Å². The van der Waals surface area contributed by atoms with Gasteiger partial charge in [0.1, 0.15) is 5.82 Å². The lowest BCUT2D eigenvalue weighted by atomic mass is 9.86. The number of allylic oxidation sites excluding steroid dienone is 1. The fraction of sp³-hybridized carbons (Fsp3) is 0.500. The zero-order valence-electron chi connectivity index (χ0n) is 14.7. The van der Waals surface area contributed by atoms with Crippen LogP contribution in [0.2, 0.25) is 0 Å². The molecule has 0 atom stereocenters. The number of aryl methyl sites for hydroxylation is 1. The number of hydrogen-bond acceptors (Lipinski definition) is 3. The molecule has 3 nitrogen and oxygen atoms in total. The van der Waals surface area contributed by atoms with E-state index in [9.17, 15) is 0 Å². The number of hydrogen-bond donors (Lipinski definition) is 0. The number of nitrogens with zero attached hydrogens (tertiary/aromatic N) is 3. The molecule has 0 amide bonds. The summed E-state index contributed by atoms with van der Waals surface area (Å²) < 4.78 is 3.35. The number of benzene rings is 1.